The fraction of sp³-hybridized carbons (Fsp3) is 0.0435. The molecule has 162 valence electrons. The number of anilines is 1. The number of aromatic nitrogens is 1. The van der Waals surface area contributed by atoms with Gasteiger partial charge in [0.2, 0.25) is 21.7 Å². The van der Waals surface area contributed by atoms with E-state index in [2.05, 4.69) is 5.32 Å². The third-order valence-corrected chi connectivity index (χ3v) is 6.73. The van der Waals surface area contributed by atoms with Gasteiger partial charge in [0, 0.05) is 28.4 Å². The molecule has 0 aliphatic rings. The predicted molar refractivity (Wildman–Crippen MR) is 117 cm³/mol. The molecule has 0 saturated carbocycles. The Kier molecular flexibility index (Phi) is 5.50. The van der Waals surface area contributed by atoms with E-state index >= 15 is 0 Å². The highest BCUT2D eigenvalue weighted by Gasteiger charge is 2.24. The lowest BCUT2D eigenvalue weighted by atomic mass is 10.2. The van der Waals surface area contributed by atoms with Gasteiger partial charge >= 0.3 is 0 Å². The molecule has 0 aliphatic carbocycles. The summed E-state index contributed by atoms with van der Waals surface area (Å²) in [5.41, 5.74) is 6.56. The molecule has 4 aromatic rings. The van der Waals surface area contributed by atoms with E-state index in [1.54, 1.807) is 41.0 Å². The maximum absolute atomic E-state index is 13.3. The van der Waals surface area contributed by atoms with Crippen LogP contribution in [0, 0.1) is 5.82 Å². The number of carbonyl (C=O) groups excluding carboxylic acids is 2. The summed E-state index contributed by atoms with van der Waals surface area (Å²) < 4.78 is 41.1. The van der Waals surface area contributed by atoms with Crippen molar-refractivity contribution in [3.63, 3.8) is 0 Å². The van der Waals surface area contributed by atoms with Crippen LogP contribution in [0.25, 0.3) is 10.9 Å². The summed E-state index contributed by atoms with van der Waals surface area (Å²) in [5.74, 6) is -1.49. The Morgan fingerprint density at radius 2 is 1.59 bits per heavy atom. The summed E-state index contributed by atoms with van der Waals surface area (Å²) in [5, 5.41) is 3.16. The number of halogens is 1. The Morgan fingerprint density at radius 1 is 0.938 bits per heavy atom. The molecule has 0 aliphatic heterocycles. The van der Waals surface area contributed by atoms with Crippen LogP contribution in [-0.4, -0.2) is 24.8 Å². The van der Waals surface area contributed by atoms with Gasteiger partial charge in [0.15, 0.2) is 0 Å². The van der Waals surface area contributed by atoms with Gasteiger partial charge in [-0.3, -0.25) is 9.59 Å². The number of fused-ring (bicyclic) bond motifs is 1. The topological polar surface area (TPSA) is 111 Å². The van der Waals surface area contributed by atoms with E-state index in [0.717, 1.165) is 12.1 Å². The zero-order valence-corrected chi connectivity index (χ0v) is 17.5. The molecule has 4 rings (SSSR count). The van der Waals surface area contributed by atoms with Crippen LogP contribution >= 0.6 is 0 Å². The minimum absolute atomic E-state index is 0.0262. The number of amides is 2. The summed E-state index contributed by atoms with van der Waals surface area (Å²) in [6, 6.07) is 17.5. The minimum atomic E-state index is -3.93. The molecule has 0 atom stereocenters. The van der Waals surface area contributed by atoms with Crippen molar-refractivity contribution in [2.45, 2.75) is 16.3 Å². The summed E-state index contributed by atoms with van der Waals surface area (Å²) in [6.45, 7) is -0.142. The van der Waals surface area contributed by atoms with E-state index in [9.17, 15) is 22.4 Å². The van der Waals surface area contributed by atoms with Crippen LogP contribution in [0.1, 0.15) is 10.4 Å². The molecule has 0 fully saturated rings. The van der Waals surface area contributed by atoms with Crippen molar-refractivity contribution in [2.24, 2.45) is 5.73 Å². The van der Waals surface area contributed by atoms with Gasteiger partial charge in [-0.05, 0) is 54.6 Å². The number of benzene rings is 3. The molecule has 3 aromatic carbocycles. The van der Waals surface area contributed by atoms with Gasteiger partial charge in [-0.15, -0.1) is 0 Å². The maximum atomic E-state index is 13.3. The van der Waals surface area contributed by atoms with E-state index in [1.807, 2.05) is 0 Å². The fourth-order valence-electron chi connectivity index (χ4n) is 3.37. The van der Waals surface area contributed by atoms with Crippen LogP contribution in [-0.2, 0) is 21.2 Å². The Labute approximate surface area is 183 Å². The number of carbonyl (C=O) groups is 2. The van der Waals surface area contributed by atoms with E-state index in [0.29, 0.717) is 22.2 Å². The highest BCUT2D eigenvalue weighted by Crippen LogP contribution is 2.30. The van der Waals surface area contributed by atoms with E-state index < -0.39 is 21.6 Å². The molecule has 1 aromatic heterocycles. The zero-order valence-electron chi connectivity index (χ0n) is 16.7. The van der Waals surface area contributed by atoms with Crippen LogP contribution in [0.2, 0.25) is 0 Å². The Balaban J connectivity index is 1.65. The number of nitrogens with two attached hydrogens (primary N) is 1. The number of nitrogens with one attached hydrogen (secondary N) is 1. The maximum Gasteiger partial charge on any atom is 0.248 e. The average Bonchev–Trinajstić information content (AvgIpc) is 3.13. The lowest BCUT2D eigenvalue weighted by molar-refractivity contribution is -0.116. The smallest absolute Gasteiger partial charge is 0.248 e. The highest BCUT2D eigenvalue weighted by molar-refractivity contribution is 7.91. The number of rotatable bonds is 6. The summed E-state index contributed by atoms with van der Waals surface area (Å²) in [6.07, 6.45) is 1.40. The number of hydrogen-bond donors (Lipinski definition) is 2. The fourth-order valence-corrected chi connectivity index (χ4v) is 4.85. The number of sulfone groups is 1. The third kappa shape index (κ3) is 4.10. The van der Waals surface area contributed by atoms with Crippen LogP contribution in [0.3, 0.4) is 0 Å². The SMILES string of the molecule is NC(=O)c1ccc(NC(=O)Cn2cc(S(=O)(=O)c3ccc(F)cc3)c3ccccc32)cc1. The average molecular weight is 451 g/mol. The molecule has 32 heavy (non-hydrogen) atoms. The third-order valence-electron chi connectivity index (χ3n) is 4.93. The van der Waals surface area contributed by atoms with Crippen molar-refractivity contribution in [3.05, 3.63) is 90.4 Å². The van der Waals surface area contributed by atoms with Gasteiger partial charge < -0.3 is 15.6 Å². The van der Waals surface area contributed by atoms with Gasteiger partial charge in [0.1, 0.15) is 12.4 Å². The second-order valence-electron chi connectivity index (χ2n) is 7.09. The second kappa shape index (κ2) is 8.27. The quantitative estimate of drug-likeness (QED) is 0.438. The number of hydrogen-bond acceptors (Lipinski definition) is 4. The number of nitrogens with zero attached hydrogens (tertiary/aromatic N) is 1. The van der Waals surface area contributed by atoms with Gasteiger partial charge in [-0.25, -0.2) is 12.8 Å². The molecule has 1 heterocycles. The van der Waals surface area contributed by atoms with Gasteiger partial charge in [-0.2, -0.15) is 0 Å². The van der Waals surface area contributed by atoms with Crippen molar-refractivity contribution < 1.29 is 22.4 Å². The van der Waals surface area contributed by atoms with E-state index in [-0.39, 0.29) is 22.2 Å². The van der Waals surface area contributed by atoms with Crippen LogP contribution in [0.4, 0.5) is 10.1 Å². The van der Waals surface area contributed by atoms with Gasteiger partial charge in [-0.1, -0.05) is 18.2 Å². The molecular weight excluding hydrogens is 433 g/mol. The molecule has 0 spiro atoms. The summed E-state index contributed by atoms with van der Waals surface area (Å²) in [7, 11) is -3.93. The van der Waals surface area contributed by atoms with Crippen molar-refractivity contribution in [2.75, 3.05) is 5.32 Å². The predicted octanol–water partition coefficient (Wildman–Crippen LogP) is 3.35. The number of para-hydroxylation sites is 1. The zero-order chi connectivity index (χ0) is 22.9. The second-order valence-corrected chi connectivity index (χ2v) is 9.00. The first-order chi connectivity index (χ1) is 15.3. The van der Waals surface area contributed by atoms with Crippen molar-refractivity contribution in [3.8, 4) is 0 Å². The lowest BCUT2D eigenvalue weighted by Gasteiger charge is -2.08. The first kappa shape index (κ1) is 21.3. The first-order valence-corrected chi connectivity index (χ1v) is 11.0. The van der Waals surface area contributed by atoms with Crippen LogP contribution < -0.4 is 11.1 Å². The van der Waals surface area contributed by atoms with E-state index in [4.69, 9.17) is 5.73 Å². The lowest BCUT2D eigenvalue weighted by Crippen LogP contribution is -2.18. The van der Waals surface area contributed by atoms with Crippen molar-refractivity contribution in [1.82, 2.24) is 4.57 Å². The van der Waals surface area contributed by atoms with E-state index in [1.165, 1.54) is 30.5 Å². The molecule has 9 heteroatoms. The molecule has 3 N–H and O–H groups in total. The standard InChI is InChI=1S/C23H18FN3O4S/c24-16-7-11-18(12-8-16)32(30,31)21-13-27(20-4-2-1-3-19(20)21)14-22(28)26-17-9-5-15(6-10-17)23(25)29/h1-13H,14H2,(H2,25,29)(H,26,28). The Hall–Kier alpha value is -3.98. The van der Waals surface area contributed by atoms with Crippen molar-refractivity contribution >= 4 is 38.2 Å². The number of primary amides is 1. The molecule has 0 saturated heterocycles. The molecule has 2 amide bonds. The molecular formula is C23H18FN3O4S. The molecule has 0 bridgehead atoms. The molecule has 0 unspecified atom stereocenters. The monoisotopic (exact) mass is 451 g/mol. The van der Waals surface area contributed by atoms with Gasteiger partial charge in [0.05, 0.1) is 9.79 Å². The Bertz CT molecular complexity index is 1430. The van der Waals surface area contributed by atoms with Crippen molar-refractivity contribution in [1.29, 1.82) is 0 Å². The van der Waals surface area contributed by atoms with Gasteiger partial charge in [0.25, 0.3) is 0 Å². The highest BCUT2D eigenvalue weighted by atomic mass is 32.2. The molecule has 0 radical (unpaired) electrons. The largest absolute Gasteiger partial charge is 0.366 e. The minimum Gasteiger partial charge on any atom is -0.366 e. The van der Waals surface area contributed by atoms with Crippen LogP contribution in [0.15, 0.2) is 88.8 Å². The molecule has 7 nitrogen and oxygen atoms in total. The summed E-state index contributed by atoms with van der Waals surface area (Å²) >= 11 is 0. The first-order valence-electron chi connectivity index (χ1n) is 9.54. The van der Waals surface area contributed by atoms with Crippen LogP contribution in [0.5, 0.6) is 0 Å². The normalized spacial score (nSPS) is 11.4. The Morgan fingerprint density at radius 3 is 2.25 bits per heavy atom. The summed E-state index contributed by atoms with van der Waals surface area (Å²) in [4.78, 5) is 23.7.